The number of hydrogen-bond acceptors (Lipinski definition) is 5. The van der Waals surface area contributed by atoms with Crippen LogP contribution >= 0.6 is 11.3 Å². The van der Waals surface area contributed by atoms with Gasteiger partial charge < -0.3 is 0 Å². The molecule has 1 fully saturated rings. The molecular formula is C17H14N4OS. The van der Waals surface area contributed by atoms with E-state index in [4.69, 9.17) is 0 Å². The highest BCUT2D eigenvalue weighted by molar-refractivity contribution is 7.15. The van der Waals surface area contributed by atoms with Crippen LogP contribution in [0.2, 0.25) is 0 Å². The van der Waals surface area contributed by atoms with Crippen molar-refractivity contribution in [1.82, 2.24) is 15.2 Å². The standard InChI is InChI=1S/C17H14N4OS/c22-14(13-8-4-5-11-18-13)19-16-21-20-15(23-16)17(9-10-17)12-6-2-1-3-7-12/h1-8,11H,9-10H2,(H,19,21,22). The van der Waals surface area contributed by atoms with E-state index in [1.165, 1.54) is 16.9 Å². The molecule has 1 saturated carbocycles. The molecule has 2 heterocycles. The highest BCUT2D eigenvalue weighted by Crippen LogP contribution is 2.54. The molecule has 0 atom stereocenters. The van der Waals surface area contributed by atoms with Gasteiger partial charge >= 0.3 is 0 Å². The first-order valence-corrected chi connectivity index (χ1v) is 8.21. The third kappa shape index (κ3) is 2.61. The summed E-state index contributed by atoms with van der Waals surface area (Å²) < 4.78 is 0. The van der Waals surface area contributed by atoms with Crippen LogP contribution < -0.4 is 5.32 Å². The maximum atomic E-state index is 12.1. The zero-order valence-corrected chi connectivity index (χ0v) is 13.1. The number of nitrogens with zero attached hydrogens (tertiary/aromatic N) is 3. The fourth-order valence-corrected chi connectivity index (χ4v) is 3.64. The minimum absolute atomic E-state index is 0.0209. The Hall–Kier alpha value is -2.60. The maximum Gasteiger partial charge on any atom is 0.276 e. The molecule has 0 spiro atoms. The zero-order valence-electron chi connectivity index (χ0n) is 12.3. The van der Waals surface area contributed by atoms with Crippen LogP contribution in [-0.2, 0) is 5.41 Å². The van der Waals surface area contributed by atoms with Crippen LogP contribution in [0.3, 0.4) is 0 Å². The van der Waals surface area contributed by atoms with Gasteiger partial charge in [0.15, 0.2) is 0 Å². The normalized spacial score (nSPS) is 15.1. The van der Waals surface area contributed by atoms with E-state index < -0.39 is 0 Å². The van der Waals surface area contributed by atoms with Crippen molar-refractivity contribution in [2.45, 2.75) is 18.3 Å². The van der Waals surface area contributed by atoms with Crippen molar-refractivity contribution in [3.05, 3.63) is 71.0 Å². The van der Waals surface area contributed by atoms with E-state index in [0.717, 1.165) is 17.8 Å². The van der Waals surface area contributed by atoms with Crippen molar-refractivity contribution in [3.8, 4) is 0 Å². The van der Waals surface area contributed by atoms with Gasteiger partial charge in [-0.05, 0) is 30.5 Å². The Morgan fingerprint density at radius 1 is 1.04 bits per heavy atom. The molecule has 114 valence electrons. The Labute approximate surface area is 137 Å². The summed E-state index contributed by atoms with van der Waals surface area (Å²) in [5.74, 6) is -0.266. The Morgan fingerprint density at radius 3 is 2.52 bits per heavy atom. The predicted octanol–water partition coefficient (Wildman–Crippen LogP) is 3.27. The van der Waals surface area contributed by atoms with Gasteiger partial charge in [-0.25, -0.2) is 0 Å². The maximum absolute atomic E-state index is 12.1. The smallest absolute Gasteiger partial charge is 0.276 e. The molecule has 3 aromatic rings. The van der Waals surface area contributed by atoms with Crippen molar-refractivity contribution in [1.29, 1.82) is 0 Å². The SMILES string of the molecule is O=C(Nc1nnc(C2(c3ccccc3)CC2)s1)c1ccccn1. The molecule has 1 amide bonds. The van der Waals surface area contributed by atoms with E-state index in [0.29, 0.717) is 10.8 Å². The number of amides is 1. The molecular weight excluding hydrogens is 308 g/mol. The Balaban J connectivity index is 1.55. The average Bonchev–Trinajstić information content (AvgIpc) is 3.30. The summed E-state index contributed by atoms with van der Waals surface area (Å²) in [6.45, 7) is 0. The zero-order chi connectivity index (χ0) is 15.7. The molecule has 6 heteroatoms. The van der Waals surface area contributed by atoms with Crippen molar-refractivity contribution in [2.24, 2.45) is 0 Å². The van der Waals surface area contributed by atoms with Crippen molar-refractivity contribution < 1.29 is 4.79 Å². The lowest BCUT2D eigenvalue weighted by Crippen LogP contribution is -2.13. The minimum Gasteiger partial charge on any atom is -0.295 e. The molecule has 0 saturated heterocycles. The molecule has 5 nitrogen and oxygen atoms in total. The van der Waals surface area contributed by atoms with E-state index in [1.54, 1.807) is 24.4 Å². The van der Waals surface area contributed by atoms with E-state index in [2.05, 4.69) is 32.6 Å². The van der Waals surface area contributed by atoms with E-state index in [-0.39, 0.29) is 11.3 Å². The molecule has 1 aromatic carbocycles. The Bertz CT molecular complexity index is 828. The lowest BCUT2D eigenvalue weighted by molar-refractivity contribution is 0.102. The first-order valence-electron chi connectivity index (χ1n) is 7.40. The van der Waals surface area contributed by atoms with Gasteiger partial charge in [0.25, 0.3) is 5.91 Å². The topological polar surface area (TPSA) is 67.8 Å². The average molecular weight is 322 g/mol. The number of benzene rings is 1. The number of aromatic nitrogens is 3. The monoisotopic (exact) mass is 322 g/mol. The van der Waals surface area contributed by atoms with Crippen LogP contribution in [0.25, 0.3) is 0 Å². The van der Waals surface area contributed by atoms with Crippen molar-refractivity contribution in [3.63, 3.8) is 0 Å². The van der Waals surface area contributed by atoms with Gasteiger partial charge in [-0.15, -0.1) is 10.2 Å². The van der Waals surface area contributed by atoms with Gasteiger partial charge in [0.1, 0.15) is 10.7 Å². The second-order valence-corrected chi connectivity index (χ2v) is 6.51. The predicted molar refractivity (Wildman–Crippen MR) is 88.6 cm³/mol. The van der Waals surface area contributed by atoms with E-state index in [1.807, 2.05) is 18.2 Å². The number of rotatable bonds is 4. The third-order valence-electron chi connectivity index (χ3n) is 4.03. The number of carbonyl (C=O) groups excluding carboxylic acids is 1. The van der Waals surface area contributed by atoms with Crippen LogP contribution in [0.15, 0.2) is 54.7 Å². The van der Waals surface area contributed by atoms with Crippen LogP contribution in [-0.4, -0.2) is 21.1 Å². The van der Waals surface area contributed by atoms with Gasteiger partial charge in [-0.2, -0.15) is 0 Å². The molecule has 0 aliphatic heterocycles. The Kier molecular flexibility index (Phi) is 3.38. The van der Waals surface area contributed by atoms with Gasteiger partial charge in [0.2, 0.25) is 5.13 Å². The van der Waals surface area contributed by atoms with Crippen LogP contribution in [0.5, 0.6) is 0 Å². The molecule has 1 aliphatic rings. The van der Waals surface area contributed by atoms with Crippen LogP contribution in [0.1, 0.15) is 33.9 Å². The van der Waals surface area contributed by atoms with Crippen molar-refractivity contribution >= 4 is 22.4 Å². The van der Waals surface area contributed by atoms with E-state index in [9.17, 15) is 4.79 Å². The van der Waals surface area contributed by atoms with Crippen molar-refractivity contribution in [2.75, 3.05) is 5.32 Å². The fourth-order valence-electron chi connectivity index (χ4n) is 2.63. The summed E-state index contributed by atoms with van der Waals surface area (Å²) in [7, 11) is 0. The lowest BCUT2D eigenvalue weighted by atomic mass is 9.97. The van der Waals surface area contributed by atoms with E-state index >= 15 is 0 Å². The third-order valence-corrected chi connectivity index (χ3v) is 5.07. The second kappa shape index (κ2) is 5.55. The molecule has 1 aliphatic carbocycles. The molecule has 4 rings (SSSR count). The highest BCUT2D eigenvalue weighted by Gasteiger charge is 2.48. The van der Waals surface area contributed by atoms with Crippen LogP contribution in [0.4, 0.5) is 5.13 Å². The summed E-state index contributed by atoms with van der Waals surface area (Å²) in [5.41, 5.74) is 1.61. The molecule has 1 N–H and O–H groups in total. The summed E-state index contributed by atoms with van der Waals surface area (Å²) in [6, 6.07) is 15.6. The second-order valence-electron chi connectivity index (χ2n) is 5.53. The molecule has 23 heavy (non-hydrogen) atoms. The van der Waals surface area contributed by atoms with Gasteiger partial charge in [-0.3, -0.25) is 15.1 Å². The van der Waals surface area contributed by atoms with Gasteiger partial charge in [-0.1, -0.05) is 47.7 Å². The molecule has 2 aromatic heterocycles. The minimum atomic E-state index is -0.266. The number of nitrogens with one attached hydrogen (secondary N) is 1. The number of carbonyl (C=O) groups is 1. The summed E-state index contributed by atoms with van der Waals surface area (Å²) in [4.78, 5) is 16.2. The first-order chi connectivity index (χ1) is 11.3. The number of hydrogen-bond donors (Lipinski definition) is 1. The fraction of sp³-hybridized carbons (Fsp3) is 0.176. The van der Waals surface area contributed by atoms with Crippen LogP contribution in [0, 0.1) is 0 Å². The molecule has 0 unspecified atom stereocenters. The number of anilines is 1. The largest absolute Gasteiger partial charge is 0.295 e. The quantitative estimate of drug-likeness (QED) is 0.800. The summed E-state index contributed by atoms with van der Waals surface area (Å²) >= 11 is 1.44. The lowest BCUT2D eigenvalue weighted by Gasteiger charge is -2.10. The first kappa shape index (κ1) is 14.0. The molecule has 0 radical (unpaired) electrons. The Morgan fingerprint density at radius 2 is 1.83 bits per heavy atom. The summed E-state index contributed by atoms with van der Waals surface area (Å²) in [5, 5.41) is 12.7. The highest BCUT2D eigenvalue weighted by atomic mass is 32.1. The summed E-state index contributed by atoms with van der Waals surface area (Å²) in [6.07, 6.45) is 3.73. The van der Waals surface area contributed by atoms with Gasteiger partial charge in [0.05, 0.1) is 0 Å². The molecule has 0 bridgehead atoms. The number of pyridine rings is 1. The van der Waals surface area contributed by atoms with Gasteiger partial charge in [0, 0.05) is 11.6 Å².